The highest BCUT2D eigenvalue weighted by atomic mass is 16.5. The van der Waals surface area contributed by atoms with Crippen molar-refractivity contribution in [1.29, 1.82) is 0 Å². The molecule has 1 saturated heterocycles. The molecule has 0 amide bonds. The molecule has 0 spiro atoms. The maximum Gasteiger partial charge on any atom is 0.262 e. The van der Waals surface area contributed by atoms with Crippen molar-refractivity contribution in [2.75, 3.05) is 13.2 Å². The molecular weight excluding hydrogens is 346 g/mol. The van der Waals surface area contributed by atoms with Crippen molar-refractivity contribution in [3.8, 4) is 0 Å². The van der Waals surface area contributed by atoms with Crippen molar-refractivity contribution in [1.82, 2.24) is 20.2 Å². The van der Waals surface area contributed by atoms with Gasteiger partial charge in [-0.2, -0.15) is 10.2 Å². The van der Waals surface area contributed by atoms with Gasteiger partial charge in [-0.3, -0.25) is 9.89 Å². The van der Waals surface area contributed by atoms with Crippen LogP contribution in [0.4, 0.5) is 0 Å². The summed E-state index contributed by atoms with van der Waals surface area (Å²) in [6.07, 6.45) is 3.17. The molecule has 3 aromatic rings. The molecule has 4 rings (SSSR count). The molecule has 0 bridgehead atoms. The van der Waals surface area contributed by atoms with Crippen LogP contribution in [0.5, 0.6) is 0 Å². The Balaban J connectivity index is 1.91. The third kappa shape index (κ3) is 3.17. The van der Waals surface area contributed by atoms with Crippen molar-refractivity contribution in [2.24, 2.45) is 22.6 Å². The summed E-state index contributed by atoms with van der Waals surface area (Å²) in [5.41, 5.74) is 7.94. The molecule has 9 nitrogen and oxygen atoms in total. The lowest BCUT2D eigenvalue weighted by Crippen LogP contribution is -2.28. The van der Waals surface area contributed by atoms with Crippen LogP contribution >= 0.6 is 0 Å². The molecule has 6 N–H and O–H groups in total. The number of hydrazone groups is 1. The number of ether oxygens (including phenoxy) is 1. The Morgan fingerprint density at radius 1 is 1.30 bits per heavy atom. The molecule has 1 aliphatic rings. The van der Waals surface area contributed by atoms with Crippen LogP contribution in [0, 0.1) is 5.92 Å². The fraction of sp³-hybridized carbons (Fsp3) is 0.333. The number of hydrogen-bond acceptors (Lipinski definition) is 6. The van der Waals surface area contributed by atoms with Gasteiger partial charge in [-0.25, -0.2) is 4.98 Å². The molecular formula is C18H21N7O2. The van der Waals surface area contributed by atoms with Crippen LogP contribution in [0.1, 0.15) is 35.7 Å². The number of nitrogens with two attached hydrogens (primary N) is 2. The average Bonchev–Trinajstić information content (AvgIpc) is 3.18. The molecule has 0 aliphatic carbocycles. The van der Waals surface area contributed by atoms with Gasteiger partial charge >= 0.3 is 0 Å². The predicted molar refractivity (Wildman–Crippen MR) is 101 cm³/mol. The van der Waals surface area contributed by atoms with E-state index in [-0.39, 0.29) is 23.2 Å². The molecule has 140 valence electrons. The van der Waals surface area contributed by atoms with Crippen LogP contribution in [0.2, 0.25) is 0 Å². The zero-order chi connectivity index (χ0) is 18.8. The maximum atomic E-state index is 12.5. The van der Waals surface area contributed by atoms with E-state index in [1.807, 2.05) is 24.3 Å². The average molecular weight is 367 g/mol. The highest BCUT2D eigenvalue weighted by Crippen LogP contribution is 2.37. The van der Waals surface area contributed by atoms with E-state index in [1.165, 1.54) is 6.20 Å². The minimum absolute atomic E-state index is 0.175. The van der Waals surface area contributed by atoms with Gasteiger partial charge in [0.2, 0.25) is 0 Å². The topological polar surface area (TPSA) is 148 Å². The van der Waals surface area contributed by atoms with Gasteiger partial charge < -0.3 is 21.3 Å². The molecule has 1 fully saturated rings. The smallest absolute Gasteiger partial charge is 0.262 e. The number of H-pyrrole nitrogens is 2. The fourth-order valence-electron chi connectivity index (χ4n) is 3.75. The Labute approximate surface area is 154 Å². The molecule has 3 heterocycles. The first-order valence-corrected chi connectivity index (χ1v) is 8.82. The number of amidine groups is 1. The summed E-state index contributed by atoms with van der Waals surface area (Å²) < 4.78 is 5.53. The Bertz CT molecular complexity index is 1030. The number of aromatic amines is 2. The lowest BCUT2D eigenvalue weighted by atomic mass is 9.78. The van der Waals surface area contributed by atoms with E-state index in [9.17, 15) is 4.79 Å². The van der Waals surface area contributed by atoms with Gasteiger partial charge in [0.05, 0.1) is 6.20 Å². The first-order chi connectivity index (χ1) is 13.2. The minimum atomic E-state index is -0.223. The van der Waals surface area contributed by atoms with Gasteiger partial charge in [-0.15, -0.1) is 0 Å². The van der Waals surface area contributed by atoms with Crippen molar-refractivity contribution in [2.45, 2.75) is 18.8 Å². The summed E-state index contributed by atoms with van der Waals surface area (Å²) in [5.74, 6) is 6.30. The van der Waals surface area contributed by atoms with Crippen LogP contribution in [0.25, 0.3) is 11.0 Å². The molecule has 1 aliphatic heterocycles. The normalized spacial score (nSPS) is 17.3. The van der Waals surface area contributed by atoms with Crippen LogP contribution in [-0.4, -0.2) is 39.2 Å². The summed E-state index contributed by atoms with van der Waals surface area (Å²) in [5, 5.41) is 10.8. The predicted octanol–water partition coefficient (Wildman–Crippen LogP) is 0.784. The van der Waals surface area contributed by atoms with Gasteiger partial charge in [-0.1, -0.05) is 24.3 Å². The van der Waals surface area contributed by atoms with Gasteiger partial charge in [0.1, 0.15) is 11.2 Å². The van der Waals surface area contributed by atoms with E-state index < -0.39 is 0 Å². The second-order valence-corrected chi connectivity index (χ2v) is 6.61. The van der Waals surface area contributed by atoms with Gasteiger partial charge in [-0.05, 0) is 24.3 Å². The largest absolute Gasteiger partial charge is 0.382 e. The Kier molecular flexibility index (Phi) is 4.59. The van der Waals surface area contributed by atoms with E-state index in [0.717, 1.165) is 24.0 Å². The van der Waals surface area contributed by atoms with Crippen LogP contribution in [0.3, 0.4) is 0 Å². The highest BCUT2D eigenvalue weighted by molar-refractivity contribution is 5.98. The number of fused-ring (bicyclic) bond motifs is 1. The molecule has 0 saturated carbocycles. The van der Waals surface area contributed by atoms with Gasteiger partial charge in [0, 0.05) is 24.7 Å². The zero-order valence-electron chi connectivity index (χ0n) is 14.7. The Morgan fingerprint density at radius 2 is 2.07 bits per heavy atom. The number of rotatable bonds is 4. The summed E-state index contributed by atoms with van der Waals surface area (Å²) in [6.45, 7) is 1.33. The Hall–Kier alpha value is -3.20. The monoisotopic (exact) mass is 367 g/mol. The summed E-state index contributed by atoms with van der Waals surface area (Å²) >= 11 is 0. The van der Waals surface area contributed by atoms with Gasteiger partial charge in [0.25, 0.3) is 5.56 Å². The molecule has 1 unspecified atom stereocenters. The molecule has 2 aromatic heterocycles. The van der Waals surface area contributed by atoms with E-state index in [4.69, 9.17) is 16.3 Å². The summed E-state index contributed by atoms with van der Waals surface area (Å²) in [4.78, 5) is 20.1. The van der Waals surface area contributed by atoms with Crippen molar-refractivity contribution in [3.05, 3.63) is 57.8 Å². The SMILES string of the molecule is NN=C(N)c1ccccc1C(c1nc2[nH]ncc2c(=O)[nH]1)C1CCOCC1. The summed E-state index contributed by atoms with van der Waals surface area (Å²) in [6, 6.07) is 7.67. The summed E-state index contributed by atoms with van der Waals surface area (Å²) in [7, 11) is 0. The maximum absolute atomic E-state index is 12.5. The fourth-order valence-corrected chi connectivity index (χ4v) is 3.75. The molecule has 0 radical (unpaired) electrons. The third-order valence-corrected chi connectivity index (χ3v) is 5.08. The molecule has 1 aromatic carbocycles. The number of nitrogens with one attached hydrogen (secondary N) is 2. The van der Waals surface area contributed by atoms with E-state index in [0.29, 0.717) is 30.1 Å². The number of aromatic nitrogens is 4. The number of nitrogens with zero attached hydrogens (tertiary/aromatic N) is 3. The van der Waals surface area contributed by atoms with Crippen LogP contribution < -0.4 is 17.1 Å². The molecule has 27 heavy (non-hydrogen) atoms. The van der Waals surface area contributed by atoms with Crippen molar-refractivity contribution in [3.63, 3.8) is 0 Å². The van der Waals surface area contributed by atoms with Crippen molar-refractivity contribution < 1.29 is 4.74 Å². The first-order valence-electron chi connectivity index (χ1n) is 8.82. The van der Waals surface area contributed by atoms with Crippen LogP contribution in [0.15, 0.2) is 40.4 Å². The van der Waals surface area contributed by atoms with Gasteiger partial charge in [0.15, 0.2) is 11.5 Å². The van der Waals surface area contributed by atoms with Crippen LogP contribution in [-0.2, 0) is 4.74 Å². The minimum Gasteiger partial charge on any atom is -0.382 e. The third-order valence-electron chi connectivity index (χ3n) is 5.08. The standard InChI is InChI=1S/C18H21N7O2/c19-15(24-20)12-4-2-1-3-11(12)14(10-5-7-27-8-6-10)17-22-16-13(9-21-25-16)18(26)23-17/h1-4,9-10,14H,5-8,20H2,(H2,19,24)(H2,21,22,23,25,26). The first kappa shape index (κ1) is 17.2. The quantitative estimate of drug-likeness (QED) is 0.232. The van der Waals surface area contributed by atoms with Crippen molar-refractivity contribution >= 4 is 16.9 Å². The molecule has 9 heteroatoms. The highest BCUT2D eigenvalue weighted by Gasteiger charge is 2.31. The second-order valence-electron chi connectivity index (χ2n) is 6.61. The second kappa shape index (κ2) is 7.20. The number of hydrogen-bond donors (Lipinski definition) is 4. The van der Waals surface area contributed by atoms with E-state index in [1.54, 1.807) is 0 Å². The lowest BCUT2D eigenvalue weighted by Gasteiger charge is -2.31. The zero-order valence-corrected chi connectivity index (χ0v) is 14.7. The molecule has 1 atom stereocenters. The lowest BCUT2D eigenvalue weighted by molar-refractivity contribution is 0.0608. The Morgan fingerprint density at radius 3 is 2.85 bits per heavy atom. The number of benzene rings is 1. The van der Waals surface area contributed by atoms with E-state index >= 15 is 0 Å². The van der Waals surface area contributed by atoms with E-state index in [2.05, 4.69) is 25.3 Å².